The van der Waals surface area contributed by atoms with Crippen molar-refractivity contribution in [3.63, 3.8) is 0 Å². The van der Waals surface area contributed by atoms with Crippen molar-refractivity contribution in [2.24, 2.45) is 23.2 Å². The van der Waals surface area contributed by atoms with Gasteiger partial charge in [0.05, 0.1) is 10.0 Å². The number of nitrogens with zero attached hydrogens (tertiary/aromatic N) is 1. The molecule has 4 fully saturated rings. The fourth-order valence-electron chi connectivity index (χ4n) is 6.66. The van der Waals surface area contributed by atoms with Gasteiger partial charge in [0.2, 0.25) is 0 Å². The predicted octanol–water partition coefficient (Wildman–Crippen LogP) is 6.29. The second kappa shape index (κ2) is 7.02. The normalized spacial score (nSPS) is 31.1. The maximum Gasteiger partial charge on any atom is 0.257 e. The molecule has 6 heteroatoms. The number of carbonyl (C=O) groups is 1. The molecule has 4 saturated carbocycles. The number of aromatic nitrogens is 1. The first-order valence-electron chi connectivity index (χ1n) is 10.6. The van der Waals surface area contributed by atoms with Crippen molar-refractivity contribution >= 4 is 29.1 Å². The monoisotopic (exact) mass is 432 g/mol. The Morgan fingerprint density at radius 1 is 1.14 bits per heavy atom. The SMILES string of the molecule is Cc1onc(-c2c(Cl)cccc2Cl)c1C(=O)NC(C)C12CC3CC(CC(C3)C1)C2. The van der Waals surface area contributed by atoms with Gasteiger partial charge in [-0.3, -0.25) is 4.79 Å². The van der Waals surface area contributed by atoms with Crippen LogP contribution >= 0.6 is 23.2 Å². The Balaban J connectivity index is 1.43. The quantitative estimate of drug-likeness (QED) is 0.616. The van der Waals surface area contributed by atoms with Crippen molar-refractivity contribution in [2.45, 2.75) is 58.4 Å². The molecule has 6 rings (SSSR count). The Kier molecular flexibility index (Phi) is 4.71. The number of aryl methyl sites for hydroxylation is 1. The summed E-state index contributed by atoms with van der Waals surface area (Å²) in [5, 5.41) is 8.33. The van der Waals surface area contributed by atoms with E-state index in [-0.39, 0.29) is 17.4 Å². The van der Waals surface area contributed by atoms with E-state index in [1.54, 1.807) is 25.1 Å². The number of nitrogens with one attached hydrogen (secondary N) is 1. The molecule has 4 aliphatic carbocycles. The molecular weight excluding hydrogens is 407 g/mol. The summed E-state index contributed by atoms with van der Waals surface area (Å²) in [5.74, 6) is 2.85. The fourth-order valence-corrected chi connectivity index (χ4v) is 7.24. The maximum atomic E-state index is 13.3. The Labute approximate surface area is 181 Å². The number of benzene rings is 1. The number of hydrogen-bond acceptors (Lipinski definition) is 3. The molecule has 4 bridgehead atoms. The van der Waals surface area contributed by atoms with Gasteiger partial charge in [-0.2, -0.15) is 0 Å². The van der Waals surface area contributed by atoms with Gasteiger partial charge in [0.15, 0.2) is 0 Å². The summed E-state index contributed by atoms with van der Waals surface area (Å²) >= 11 is 12.7. The Morgan fingerprint density at radius 2 is 1.69 bits per heavy atom. The average Bonchev–Trinajstić information content (AvgIpc) is 3.01. The highest BCUT2D eigenvalue weighted by Gasteiger charge is 2.53. The Morgan fingerprint density at radius 3 is 2.24 bits per heavy atom. The molecule has 29 heavy (non-hydrogen) atoms. The molecule has 1 aromatic carbocycles. The molecule has 4 nitrogen and oxygen atoms in total. The van der Waals surface area contributed by atoms with Crippen molar-refractivity contribution < 1.29 is 9.32 Å². The van der Waals surface area contributed by atoms with Crippen LogP contribution in [0.4, 0.5) is 0 Å². The van der Waals surface area contributed by atoms with Crippen molar-refractivity contribution in [3.8, 4) is 11.3 Å². The zero-order valence-corrected chi connectivity index (χ0v) is 18.3. The summed E-state index contributed by atoms with van der Waals surface area (Å²) < 4.78 is 5.38. The minimum Gasteiger partial charge on any atom is -0.360 e. The third-order valence-corrected chi connectivity index (χ3v) is 8.27. The lowest BCUT2D eigenvalue weighted by molar-refractivity contribution is -0.0688. The van der Waals surface area contributed by atoms with Crippen LogP contribution in [0.15, 0.2) is 22.7 Å². The van der Waals surface area contributed by atoms with Crippen LogP contribution in [0, 0.1) is 30.1 Å². The highest BCUT2D eigenvalue weighted by Crippen LogP contribution is 2.61. The molecule has 0 saturated heterocycles. The molecule has 1 heterocycles. The molecule has 0 aliphatic heterocycles. The molecule has 0 radical (unpaired) electrons. The van der Waals surface area contributed by atoms with Crippen LogP contribution in [0.1, 0.15) is 61.6 Å². The van der Waals surface area contributed by atoms with Gasteiger partial charge in [0.25, 0.3) is 5.91 Å². The predicted molar refractivity (Wildman–Crippen MR) is 114 cm³/mol. The first-order valence-corrected chi connectivity index (χ1v) is 11.3. The van der Waals surface area contributed by atoms with Crippen LogP contribution in [0.25, 0.3) is 11.3 Å². The number of halogens is 2. The van der Waals surface area contributed by atoms with Gasteiger partial charge in [0.1, 0.15) is 17.0 Å². The van der Waals surface area contributed by atoms with Gasteiger partial charge in [-0.1, -0.05) is 34.4 Å². The van der Waals surface area contributed by atoms with Gasteiger partial charge < -0.3 is 9.84 Å². The number of amides is 1. The smallest absolute Gasteiger partial charge is 0.257 e. The molecule has 1 unspecified atom stereocenters. The highest BCUT2D eigenvalue weighted by atomic mass is 35.5. The number of hydrogen-bond donors (Lipinski definition) is 1. The maximum absolute atomic E-state index is 13.3. The highest BCUT2D eigenvalue weighted by molar-refractivity contribution is 6.39. The zero-order chi connectivity index (χ0) is 20.3. The first kappa shape index (κ1) is 19.4. The van der Waals surface area contributed by atoms with E-state index < -0.39 is 0 Å². The van der Waals surface area contributed by atoms with Gasteiger partial charge in [-0.05, 0) is 87.7 Å². The molecule has 1 atom stereocenters. The second-order valence-electron chi connectivity index (χ2n) is 9.53. The molecule has 1 N–H and O–H groups in total. The zero-order valence-electron chi connectivity index (χ0n) is 16.8. The fraction of sp³-hybridized carbons (Fsp3) is 0.565. The minimum absolute atomic E-state index is 0.118. The van der Waals surface area contributed by atoms with E-state index in [4.69, 9.17) is 27.7 Å². The molecular formula is C23H26Cl2N2O2. The summed E-state index contributed by atoms with van der Waals surface area (Å²) in [6, 6.07) is 5.38. The van der Waals surface area contributed by atoms with E-state index in [0.29, 0.717) is 32.6 Å². The Hall–Kier alpha value is -1.52. The average molecular weight is 433 g/mol. The van der Waals surface area contributed by atoms with E-state index in [2.05, 4.69) is 17.4 Å². The molecule has 1 amide bonds. The molecule has 2 aromatic rings. The van der Waals surface area contributed by atoms with E-state index in [1.807, 2.05) is 0 Å². The third kappa shape index (κ3) is 3.19. The molecule has 4 aliphatic rings. The lowest BCUT2D eigenvalue weighted by Gasteiger charge is -2.59. The summed E-state index contributed by atoms with van der Waals surface area (Å²) in [6.45, 7) is 3.93. The largest absolute Gasteiger partial charge is 0.360 e. The molecule has 0 spiro atoms. The van der Waals surface area contributed by atoms with Crippen LogP contribution in [0.5, 0.6) is 0 Å². The lowest BCUT2D eigenvalue weighted by Crippen LogP contribution is -2.55. The van der Waals surface area contributed by atoms with E-state index >= 15 is 0 Å². The van der Waals surface area contributed by atoms with Gasteiger partial charge >= 0.3 is 0 Å². The second-order valence-corrected chi connectivity index (χ2v) is 10.3. The van der Waals surface area contributed by atoms with Crippen molar-refractivity contribution in [3.05, 3.63) is 39.6 Å². The van der Waals surface area contributed by atoms with Crippen molar-refractivity contribution in [1.29, 1.82) is 0 Å². The van der Waals surface area contributed by atoms with Crippen LogP contribution < -0.4 is 5.32 Å². The third-order valence-electron chi connectivity index (χ3n) is 7.64. The number of rotatable bonds is 4. The van der Waals surface area contributed by atoms with Gasteiger partial charge in [-0.25, -0.2) is 0 Å². The number of carbonyl (C=O) groups excluding carboxylic acids is 1. The van der Waals surface area contributed by atoms with Gasteiger partial charge in [-0.15, -0.1) is 0 Å². The first-order chi connectivity index (χ1) is 13.9. The van der Waals surface area contributed by atoms with Crippen LogP contribution in [0.2, 0.25) is 10.0 Å². The molecule has 154 valence electrons. The standard InChI is InChI=1S/C23H26Cl2N2O2/c1-12-19(21(27-29-12)20-17(24)4-3-5-18(20)25)22(28)26-13(2)23-9-14-6-15(10-23)8-16(7-14)11-23/h3-5,13-16H,6-11H2,1-2H3,(H,26,28). The summed E-state index contributed by atoms with van der Waals surface area (Å²) in [6.07, 6.45) is 7.89. The minimum atomic E-state index is -0.155. The Bertz CT molecular complexity index is 912. The van der Waals surface area contributed by atoms with E-state index in [0.717, 1.165) is 17.8 Å². The lowest BCUT2D eigenvalue weighted by atomic mass is 9.48. The van der Waals surface area contributed by atoms with Crippen LogP contribution in [-0.2, 0) is 0 Å². The van der Waals surface area contributed by atoms with Crippen molar-refractivity contribution in [2.75, 3.05) is 0 Å². The summed E-state index contributed by atoms with van der Waals surface area (Å²) in [7, 11) is 0. The summed E-state index contributed by atoms with van der Waals surface area (Å²) in [5.41, 5.74) is 1.61. The topological polar surface area (TPSA) is 55.1 Å². The molecule has 1 aromatic heterocycles. The van der Waals surface area contributed by atoms with Crippen molar-refractivity contribution in [1.82, 2.24) is 10.5 Å². The van der Waals surface area contributed by atoms with E-state index in [1.165, 1.54) is 38.5 Å². The van der Waals surface area contributed by atoms with Gasteiger partial charge in [0, 0.05) is 11.6 Å². The summed E-state index contributed by atoms with van der Waals surface area (Å²) in [4.78, 5) is 13.3. The van der Waals surface area contributed by atoms with E-state index in [9.17, 15) is 4.79 Å². The van der Waals surface area contributed by atoms with Crippen LogP contribution in [0.3, 0.4) is 0 Å². The van der Waals surface area contributed by atoms with Crippen LogP contribution in [-0.4, -0.2) is 17.1 Å².